The highest BCUT2D eigenvalue weighted by atomic mass is 19.1. The van der Waals surface area contributed by atoms with Crippen LogP contribution in [0.4, 0.5) is 20.2 Å². The molecular formula is C27H24F2N2O6. The maximum atomic E-state index is 14.0. The van der Waals surface area contributed by atoms with Crippen molar-refractivity contribution >= 4 is 23.2 Å². The summed E-state index contributed by atoms with van der Waals surface area (Å²) >= 11 is 0. The van der Waals surface area contributed by atoms with Gasteiger partial charge in [0.05, 0.1) is 38.3 Å². The first-order chi connectivity index (χ1) is 17.9. The van der Waals surface area contributed by atoms with E-state index in [9.17, 15) is 18.4 Å². The van der Waals surface area contributed by atoms with Gasteiger partial charge in [-0.1, -0.05) is 0 Å². The molecule has 2 amide bonds. The van der Waals surface area contributed by atoms with Crippen molar-refractivity contribution in [2.75, 3.05) is 31.2 Å². The molecule has 0 spiro atoms. The van der Waals surface area contributed by atoms with Gasteiger partial charge in [-0.05, 0) is 42.8 Å². The molecule has 3 aromatic carbocycles. The molecule has 2 atom stereocenters. The number of fused-ring (bicyclic) bond motifs is 1. The second-order valence-corrected chi connectivity index (χ2v) is 8.70. The van der Waals surface area contributed by atoms with Crippen molar-refractivity contribution in [2.24, 2.45) is 11.8 Å². The Morgan fingerprint density at radius 1 is 0.973 bits per heavy atom. The summed E-state index contributed by atoms with van der Waals surface area (Å²) in [6, 6.07) is 13.4. The Morgan fingerprint density at radius 2 is 1.78 bits per heavy atom. The van der Waals surface area contributed by atoms with Crippen LogP contribution in [0, 0.1) is 23.5 Å². The van der Waals surface area contributed by atoms with Crippen molar-refractivity contribution in [1.82, 2.24) is 0 Å². The molecule has 8 nitrogen and oxygen atoms in total. The van der Waals surface area contributed by atoms with Gasteiger partial charge in [0.2, 0.25) is 18.6 Å². The van der Waals surface area contributed by atoms with Gasteiger partial charge in [-0.2, -0.15) is 0 Å². The molecule has 3 aromatic rings. The Kier molecular flexibility index (Phi) is 6.56. The lowest BCUT2D eigenvalue weighted by Gasteiger charge is -2.25. The maximum absolute atomic E-state index is 14.0. The summed E-state index contributed by atoms with van der Waals surface area (Å²) in [7, 11) is 3.08. The van der Waals surface area contributed by atoms with Crippen LogP contribution in [0.15, 0.2) is 54.6 Å². The number of carbonyl (C=O) groups excluding carboxylic acids is 2. The van der Waals surface area contributed by atoms with Gasteiger partial charge in [0.25, 0.3) is 0 Å². The van der Waals surface area contributed by atoms with Crippen molar-refractivity contribution in [3.05, 3.63) is 71.8 Å². The van der Waals surface area contributed by atoms with Crippen molar-refractivity contribution in [3.63, 3.8) is 0 Å². The van der Waals surface area contributed by atoms with Gasteiger partial charge >= 0.3 is 0 Å². The molecule has 1 aliphatic heterocycles. The zero-order valence-electron chi connectivity index (χ0n) is 20.1. The van der Waals surface area contributed by atoms with E-state index in [0.29, 0.717) is 41.2 Å². The summed E-state index contributed by atoms with van der Waals surface area (Å²) in [5.41, 5.74) is 1.15. The van der Waals surface area contributed by atoms with E-state index in [1.807, 2.05) is 0 Å². The minimum absolute atomic E-state index is 0.0872. The fourth-order valence-corrected chi connectivity index (χ4v) is 4.28. The quantitative estimate of drug-likeness (QED) is 0.480. The topological polar surface area (TPSA) is 86.3 Å². The fourth-order valence-electron chi connectivity index (χ4n) is 4.28. The monoisotopic (exact) mass is 510 g/mol. The smallest absolute Gasteiger partial charge is 0.231 e. The molecule has 2 aliphatic rings. The summed E-state index contributed by atoms with van der Waals surface area (Å²) in [5, 5.41) is 2.46. The van der Waals surface area contributed by atoms with E-state index in [1.54, 1.807) is 48.4 Å². The van der Waals surface area contributed by atoms with Crippen molar-refractivity contribution < 1.29 is 37.3 Å². The van der Waals surface area contributed by atoms with Crippen LogP contribution < -0.4 is 29.2 Å². The molecule has 192 valence electrons. The van der Waals surface area contributed by atoms with Crippen LogP contribution in [0.1, 0.15) is 12.0 Å². The van der Waals surface area contributed by atoms with Gasteiger partial charge < -0.3 is 29.2 Å². The molecule has 37 heavy (non-hydrogen) atoms. The molecule has 1 N–H and O–H groups in total. The van der Waals surface area contributed by atoms with Crippen LogP contribution in [0.25, 0.3) is 0 Å². The molecule has 10 heteroatoms. The minimum atomic E-state index is -0.884. The fraction of sp³-hybridized carbons (Fsp3) is 0.259. The standard InChI is InChI=1S/C27H24F2N2O6/c1-34-18-6-3-15(24(11-18)35-2)13-31(17-5-8-23-25(10-17)37-14-36-23)27(33)20-12-19(20)26(32)30-22-7-4-16(28)9-21(22)29/h3-11,19-20H,12-14H2,1-2H3,(H,30,32). The number of hydrogen-bond acceptors (Lipinski definition) is 6. The molecule has 0 saturated heterocycles. The third-order valence-corrected chi connectivity index (χ3v) is 6.39. The summed E-state index contributed by atoms with van der Waals surface area (Å²) in [4.78, 5) is 28.0. The van der Waals surface area contributed by atoms with E-state index < -0.39 is 29.4 Å². The average Bonchev–Trinajstić information content (AvgIpc) is 3.57. The van der Waals surface area contributed by atoms with Crippen LogP contribution in [0.3, 0.4) is 0 Å². The number of carbonyl (C=O) groups is 2. The number of nitrogens with zero attached hydrogens (tertiary/aromatic N) is 1. The molecule has 5 rings (SSSR count). The highest BCUT2D eigenvalue weighted by Gasteiger charge is 2.50. The van der Waals surface area contributed by atoms with E-state index >= 15 is 0 Å². The number of amides is 2. The van der Waals surface area contributed by atoms with Crippen LogP contribution >= 0.6 is 0 Å². The van der Waals surface area contributed by atoms with Gasteiger partial charge in [-0.15, -0.1) is 0 Å². The van der Waals surface area contributed by atoms with Crippen LogP contribution in [-0.2, 0) is 16.1 Å². The molecule has 0 bridgehead atoms. The van der Waals surface area contributed by atoms with E-state index in [1.165, 1.54) is 7.11 Å². The lowest BCUT2D eigenvalue weighted by atomic mass is 10.1. The van der Waals surface area contributed by atoms with Crippen molar-refractivity contribution in [3.8, 4) is 23.0 Å². The number of nitrogens with one attached hydrogen (secondary N) is 1. The second kappa shape index (κ2) is 9.96. The van der Waals surface area contributed by atoms with Gasteiger partial charge in [-0.3, -0.25) is 9.59 Å². The Balaban J connectivity index is 1.39. The first-order valence-electron chi connectivity index (χ1n) is 11.6. The van der Waals surface area contributed by atoms with Crippen LogP contribution in [-0.4, -0.2) is 32.8 Å². The second-order valence-electron chi connectivity index (χ2n) is 8.70. The number of hydrogen-bond donors (Lipinski definition) is 1. The van der Waals surface area contributed by atoms with Gasteiger partial charge in [0.15, 0.2) is 11.5 Å². The Labute approximate surface area is 211 Å². The summed E-state index contributed by atoms with van der Waals surface area (Å²) in [6.07, 6.45) is 0.300. The predicted molar refractivity (Wildman–Crippen MR) is 130 cm³/mol. The van der Waals surface area contributed by atoms with Crippen molar-refractivity contribution in [2.45, 2.75) is 13.0 Å². The third kappa shape index (κ3) is 5.00. The molecule has 1 fully saturated rings. The molecular weight excluding hydrogens is 486 g/mol. The Morgan fingerprint density at radius 3 is 2.54 bits per heavy atom. The Hall–Kier alpha value is -4.34. The Bertz CT molecular complexity index is 1360. The zero-order chi connectivity index (χ0) is 26.1. The molecule has 0 radical (unpaired) electrons. The lowest BCUT2D eigenvalue weighted by Crippen LogP contribution is -2.33. The first-order valence-corrected chi connectivity index (χ1v) is 11.6. The molecule has 2 unspecified atom stereocenters. The van der Waals surface area contributed by atoms with Gasteiger partial charge in [0.1, 0.15) is 23.1 Å². The van der Waals surface area contributed by atoms with Crippen LogP contribution in [0.5, 0.6) is 23.0 Å². The number of benzene rings is 3. The highest BCUT2D eigenvalue weighted by Crippen LogP contribution is 2.44. The largest absolute Gasteiger partial charge is 0.497 e. The lowest BCUT2D eigenvalue weighted by molar-refractivity contribution is -0.123. The number of anilines is 2. The van der Waals surface area contributed by atoms with Gasteiger partial charge in [0, 0.05) is 29.4 Å². The third-order valence-electron chi connectivity index (χ3n) is 6.39. The highest BCUT2D eigenvalue weighted by molar-refractivity contribution is 6.04. The normalized spacial score (nSPS) is 17.2. The van der Waals surface area contributed by atoms with Crippen LogP contribution in [0.2, 0.25) is 0 Å². The summed E-state index contributed by atoms with van der Waals surface area (Å²) in [5.74, 6) is -1.45. The average molecular weight is 510 g/mol. The van der Waals surface area contributed by atoms with E-state index in [4.69, 9.17) is 18.9 Å². The van der Waals surface area contributed by atoms with Gasteiger partial charge in [-0.25, -0.2) is 8.78 Å². The number of ether oxygens (including phenoxy) is 4. The SMILES string of the molecule is COc1ccc(CN(C(=O)C2CC2C(=O)Nc2ccc(F)cc2F)c2ccc3c(c2)OCO3)c(OC)c1. The summed E-state index contributed by atoms with van der Waals surface area (Å²) < 4.78 is 48.9. The molecule has 1 aliphatic carbocycles. The molecule has 1 saturated carbocycles. The predicted octanol–water partition coefficient (Wildman–Crippen LogP) is 4.52. The zero-order valence-corrected chi connectivity index (χ0v) is 20.1. The molecule has 1 heterocycles. The van der Waals surface area contributed by atoms with E-state index in [2.05, 4.69) is 5.32 Å². The van der Waals surface area contributed by atoms with E-state index in [-0.39, 0.29) is 24.9 Å². The maximum Gasteiger partial charge on any atom is 0.231 e. The number of methoxy groups -OCH3 is 2. The minimum Gasteiger partial charge on any atom is -0.497 e. The van der Waals surface area contributed by atoms with E-state index in [0.717, 1.165) is 17.7 Å². The summed E-state index contributed by atoms with van der Waals surface area (Å²) in [6.45, 7) is 0.243. The van der Waals surface area contributed by atoms with Crippen molar-refractivity contribution in [1.29, 1.82) is 0 Å². The first kappa shape index (κ1) is 24.4. The number of rotatable bonds is 8. The molecule has 0 aromatic heterocycles. The number of halogens is 2.